The first-order valence-electron chi connectivity index (χ1n) is 11.4. The van der Waals surface area contributed by atoms with E-state index < -0.39 is 0 Å². The summed E-state index contributed by atoms with van der Waals surface area (Å²) in [6, 6.07) is 17.7. The van der Waals surface area contributed by atoms with E-state index in [-0.39, 0.29) is 17.2 Å². The Morgan fingerprint density at radius 3 is 2.72 bits per heavy atom. The molecule has 0 unspecified atom stereocenters. The van der Waals surface area contributed by atoms with Crippen LogP contribution in [0.3, 0.4) is 0 Å². The molecule has 2 aromatic heterocycles. The number of benzene rings is 1. The number of hydrogen-bond donors (Lipinski definition) is 1. The van der Waals surface area contributed by atoms with Gasteiger partial charge in [-0.2, -0.15) is 0 Å². The lowest BCUT2D eigenvalue weighted by molar-refractivity contribution is -0.123. The number of carbonyl (C=O) groups excluding carboxylic acids is 1. The van der Waals surface area contributed by atoms with E-state index in [0.717, 1.165) is 68.1 Å². The average Bonchev–Trinajstić information content (AvgIpc) is 3.32. The van der Waals surface area contributed by atoms with Crippen LogP contribution < -0.4 is 5.32 Å². The molecule has 3 aromatic rings. The number of halogens is 1. The minimum Gasteiger partial charge on any atom is -0.460 e. The molecule has 1 aliphatic carbocycles. The molecule has 5 rings (SSSR count). The second-order valence-electron chi connectivity index (χ2n) is 9.00. The molecule has 1 aromatic carbocycles. The van der Waals surface area contributed by atoms with Gasteiger partial charge in [0.1, 0.15) is 11.5 Å². The lowest BCUT2D eigenvalue weighted by atomic mass is 9.90. The van der Waals surface area contributed by atoms with Crippen molar-refractivity contribution < 1.29 is 9.21 Å². The van der Waals surface area contributed by atoms with Crippen molar-refractivity contribution in [3.63, 3.8) is 0 Å². The molecule has 1 saturated carbocycles. The van der Waals surface area contributed by atoms with E-state index >= 15 is 0 Å². The smallest absolute Gasteiger partial charge is 0.223 e. The molecule has 1 atom stereocenters. The van der Waals surface area contributed by atoms with Gasteiger partial charge in [0.15, 0.2) is 0 Å². The summed E-state index contributed by atoms with van der Waals surface area (Å²) < 4.78 is 6.07. The minimum absolute atomic E-state index is 0.170. The number of hydrogen-bond acceptors (Lipinski definition) is 4. The van der Waals surface area contributed by atoms with Gasteiger partial charge < -0.3 is 9.73 Å². The number of carbonyl (C=O) groups is 1. The molecule has 2 fully saturated rings. The number of rotatable bonds is 7. The molecule has 166 valence electrons. The summed E-state index contributed by atoms with van der Waals surface area (Å²) in [5.41, 5.74) is 2.15. The lowest BCUT2D eigenvalue weighted by Crippen LogP contribution is -2.37. The molecule has 1 aliphatic heterocycles. The quantitative estimate of drug-likeness (QED) is 0.554. The normalized spacial score (nSPS) is 19.7. The third-order valence-electron chi connectivity index (χ3n) is 6.94. The molecule has 3 heterocycles. The zero-order chi connectivity index (χ0) is 22.0. The lowest BCUT2D eigenvalue weighted by Gasteiger charge is -2.32. The number of furan rings is 1. The van der Waals surface area contributed by atoms with E-state index in [1.807, 2.05) is 54.6 Å². The van der Waals surface area contributed by atoms with Gasteiger partial charge in [0.25, 0.3) is 0 Å². The van der Waals surface area contributed by atoms with Crippen LogP contribution in [-0.2, 0) is 17.8 Å². The Morgan fingerprint density at radius 2 is 1.94 bits per heavy atom. The highest BCUT2D eigenvalue weighted by Gasteiger charge is 2.58. The maximum absolute atomic E-state index is 12.6. The highest BCUT2D eigenvalue weighted by atomic mass is 35.5. The van der Waals surface area contributed by atoms with Crippen LogP contribution in [-0.4, -0.2) is 35.4 Å². The van der Waals surface area contributed by atoms with Crippen LogP contribution in [0.4, 0.5) is 0 Å². The van der Waals surface area contributed by atoms with Gasteiger partial charge in [0.2, 0.25) is 5.91 Å². The number of piperidine rings is 1. The Morgan fingerprint density at radius 1 is 1.12 bits per heavy atom. The maximum Gasteiger partial charge on any atom is 0.223 e. The fourth-order valence-electron chi connectivity index (χ4n) is 4.90. The number of amides is 1. The van der Waals surface area contributed by atoms with Crippen LogP contribution in [0.5, 0.6) is 0 Å². The number of pyridine rings is 1. The van der Waals surface area contributed by atoms with Gasteiger partial charge in [-0.3, -0.25) is 14.7 Å². The highest BCUT2D eigenvalue weighted by molar-refractivity contribution is 6.33. The third-order valence-corrected chi connectivity index (χ3v) is 7.27. The average molecular weight is 450 g/mol. The maximum atomic E-state index is 12.6. The fraction of sp³-hybridized carbons (Fsp3) is 0.385. The summed E-state index contributed by atoms with van der Waals surface area (Å²) in [5.74, 6) is 2.15. The van der Waals surface area contributed by atoms with E-state index in [9.17, 15) is 4.79 Å². The van der Waals surface area contributed by atoms with Crippen molar-refractivity contribution in [2.45, 2.75) is 32.2 Å². The molecule has 5 nitrogen and oxygen atoms in total. The molecular formula is C26H28ClN3O2. The van der Waals surface area contributed by atoms with Crippen LogP contribution in [0.1, 0.15) is 30.7 Å². The van der Waals surface area contributed by atoms with Crippen molar-refractivity contribution in [3.05, 3.63) is 77.3 Å². The van der Waals surface area contributed by atoms with E-state index in [1.54, 1.807) is 6.20 Å². The van der Waals surface area contributed by atoms with Gasteiger partial charge in [-0.25, -0.2) is 0 Å². The third kappa shape index (κ3) is 4.59. The van der Waals surface area contributed by atoms with E-state index in [2.05, 4.69) is 15.2 Å². The number of nitrogens with one attached hydrogen (secondary N) is 1. The predicted molar refractivity (Wildman–Crippen MR) is 125 cm³/mol. The van der Waals surface area contributed by atoms with Crippen molar-refractivity contribution in [2.24, 2.45) is 11.3 Å². The second-order valence-corrected chi connectivity index (χ2v) is 9.41. The molecule has 1 saturated heterocycles. The summed E-state index contributed by atoms with van der Waals surface area (Å²) in [7, 11) is 0. The Bertz CT molecular complexity index is 1070. The van der Waals surface area contributed by atoms with E-state index in [4.69, 9.17) is 16.0 Å². The zero-order valence-electron chi connectivity index (χ0n) is 18.1. The topological polar surface area (TPSA) is 58.4 Å². The second kappa shape index (κ2) is 9.08. The molecule has 1 spiro atoms. The SMILES string of the molecule is O=C(NCCc1ccccn1)[C@H]1CC12CCN(Cc1ccc(-c3ccccc3Cl)o1)CC2. The first-order chi connectivity index (χ1) is 15.6. The molecule has 2 aliphatic rings. The van der Waals surface area contributed by atoms with Gasteiger partial charge in [0.05, 0.1) is 11.6 Å². The van der Waals surface area contributed by atoms with Gasteiger partial charge in [-0.1, -0.05) is 29.8 Å². The van der Waals surface area contributed by atoms with E-state index in [1.165, 1.54) is 0 Å². The molecule has 32 heavy (non-hydrogen) atoms. The fourth-order valence-corrected chi connectivity index (χ4v) is 5.13. The number of likely N-dealkylation sites (tertiary alicyclic amines) is 1. The van der Waals surface area contributed by atoms with E-state index in [0.29, 0.717) is 11.6 Å². The van der Waals surface area contributed by atoms with Crippen molar-refractivity contribution in [2.75, 3.05) is 19.6 Å². The first-order valence-corrected chi connectivity index (χ1v) is 11.7. The van der Waals surface area contributed by atoms with Crippen molar-refractivity contribution in [1.82, 2.24) is 15.2 Å². The van der Waals surface area contributed by atoms with Crippen LogP contribution in [0.15, 0.2) is 65.2 Å². The first kappa shape index (κ1) is 21.2. The summed E-state index contributed by atoms with van der Waals surface area (Å²) in [4.78, 5) is 19.4. The molecule has 1 amide bonds. The minimum atomic E-state index is 0.170. The van der Waals surface area contributed by atoms with Crippen LogP contribution in [0.25, 0.3) is 11.3 Å². The van der Waals surface area contributed by atoms with Crippen molar-refractivity contribution >= 4 is 17.5 Å². The number of aromatic nitrogens is 1. The molecule has 1 N–H and O–H groups in total. The Kier molecular flexibility index (Phi) is 6.03. The zero-order valence-corrected chi connectivity index (χ0v) is 18.9. The Hall–Kier alpha value is -2.63. The van der Waals surface area contributed by atoms with Gasteiger partial charge >= 0.3 is 0 Å². The summed E-state index contributed by atoms with van der Waals surface area (Å²) in [5, 5.41) is 3.82. The largest absolute Gasteiger partial charge is 0.460 e. The Labute approximate surface area is 193 Å². The number of nitrogens with zero attached hydrogens (tertiary/aromatic N) is 2. The predicted octanol–water partition coefficient (Wildman–Crippen LogP) is 4.96. The van der Waals surface area contributed by atoms with Crippen LogP contribution in [0, 0.1) is 11.3 Å². The summed E-state index contributed by atoms with van der Waals surface area (Å²) >= 11 is 6.29. The molecular weight excluding hydrogens is 422 g/mol. The highest BCUT2D eigenvalue weighted by Crippen LogP contribution is 2.59. The molecule has 6 heteroatoms. The standard InChI is InChI=1S/C26H28ClN3O2/c27-23-7-2-1-6-21(23)24-9-8-20(32-24)18-30-15-11-26(12-16-30)17-22(26)25(31)29-14-10-19-5-3-4-13-28-19/h1-9,13,22H,10-12,14-18H2,(H,29,31)/t22-/m1/s1. The monoisotopic (exact) mass is 449 g/mol. The van der Waals surface area contributed by atoms with Crippen molar-refractivity contribution in [3.8, 4) is 11.3 Å². The summed E-state index contributed by atoms with van der Waals surface area (Å²) in [6.07, 6.45) is 5.74. The van der Waals surface area contributed by atoms with Crippen LogP contribution in [0.2, 0.25) is 5.02 Å². The van der Waals surface area contributed by atoms with Gasteiger partial charge in [0, 0.05) is 36.3 Å². The van der Waals surface area contributed by atoms with Crippen molar-refractivity contribution in [1.29, 1.82) is 0 Å². The molecule has 0 radical (unpaired) electrons. The Balaban J connectivity index is 1.08. The van der Waals surface area contributed by atoms with Gasteiger partial charge in [-0.05, 0) is 74.2 Å². The summed E-state index contributed by atoms with van der Waals surface area (Å²) in [6.45, 7) is 3.45. The van der Waals surface area contributed by atoms with Crippen LogP contribution >= 0.6 is 11.6 Å². The molecule has 0 bridgehead atoms. The van der Waals surface area contributed by atoms with Gasteiger partial charge in [-0.15, -0.1) is 0 Å².